The molecule has 0 aliphatic carbocycles. The van der Waals surface area contributed by atoms with Crippen LogP contribution in [0.4, 0.5) is 0 Å². The highest BCUT2D eigenvalue weighted by molar-refractivity contribution is 5.81. The minimum Gasteiger partial charge on any atom is -0.337 e. The number of carbonyl (C=O) groups is 1. The first-order valence-corrected chi connectivity index (χ1v) is 6.51. The molecule has 0 radical (unpaired) electrons. The highest BCUT2D eigenvalue weighted by Gasteiger charge is 2.24. The van der Waals surface area contributed by atoms with Crippen molar-refractivity contribution in [3.63, 3.8) is 0 Å². The molecule has 1 unspecified atom stereocenters. The molecule has 1 atom stereocenters. The Morgan fingerprint density at radius 2 is 2.17 bits per heavy atom. The fourth-order valence-electron chi connectivity index (χ4n) is 2.43. The lowest BCUT2D eigenvalue weighted by molar-refractivity contribution is -0.134. The van der Waals surface area contributed by atoms with Crippen molar-refractivity contribution in [3.05, 3.63) is 35.4 Å². The predicted molar refractivity (Wildman–Crippen MR) is 69.6 cm³/mol. The van der Waals surface area contributed by atoms with Crippen LogP contribution in [0, 0.1) is 17.2 Å². The number of hydrogen-bond acceptors (Lipinski definition) is 2. The Morgan fingerprint density at radius 1 is 1.44 bits per heavy atom. The minimum atomic E-state index is -0.490. The molecule has 3 heteroatoms. The Balaban J connectivity index is 2.18. The van der Waals surface area contributed by atoms with Gasteiger partial charge in [-0.15, -0.1) is 0 Å². The quantitative estimate of drug-likeness (QED) is 0.799. The first kappa shape index (κ1) is 12.6. The largest absolute Gasteiger partial charge is 0.337 e. The van der Waals surface area contributed by atoms with E-state index in [1.807, 2.05) is 24.0 Å². The molecule has 0 fully saturated rings. The van der Waals surface area contributed by atoms with Crippen molar-refractivity contribution in [1.82, 2.24) is 4.90 Å². The number of hydrogen-bond donors (Lipinski definition) is 0. The van der Waals surface area contributed by atoms with Gasteiger partial charge in [-0.05, 0) is 30.4 Å². The summed E-state index contributed by atoms with van der Waals surface area (Å²) in [7, 11) is 0. The van der Waals surface area contributed by atoms with Crippen LogP contribution in [0.3, 0.4) is 0 Å². The van der Waals surface area contributed by atoms with Crippen LogP contribution in [-0.2, 0) is 17.8 Å². The molecular weight excluding hydrogens is 224 g/mol. The first-order valence-electron chi connectivity index (χ1n) is 6.51. The van der Waals surface area contributed by atoms with Crippen LogP contribution in [-0.4, -0.2) is 17.4 Å². The fraction of sp³-hybridized carbons (Fsp3) is 0.467. The van der Waals surface area contributed by atoms with E-state index < -0.39 is 5.92 Å². The maximum Gasteiger partial charge on any atom is 0.240 e. The summed E-state index contributed by atoms with van der Waals surface area (Å²) < 4.78 is 0. The van der Waals surface area contributed by atoms with Crippen molar-refractivity contribution in [2.75, 3.05) is 6.54 Å². The van der Waals surface area contributed by atoms with Crippen molar-refractivity contribution in [2.24, 2.45) is 5.92 Å². The lowest BCUT2D eigenvalue weighted by atomic mass is 10.0. The number of fused-ring (bicyclic) bond motifs is 1. The molecule has 1 amide bonds. The Kier molecular flexibility index (Phi) is 3.99. The number of nitrogens with zero attached hydrogens (tertiary/aromatic N) is 2. The Labute approximate surface area is 108 Å². The molecular formula is C15H18N2O. The van der Waals surface area contributed by atoms with Crippen molar-refractivity contribution in [3.8, 4) is 6.07 Å². The molecule has 0 bridgehead atoms. The molecule has 1 heterocycles. The summed E-state index contributed by atoms with van der Waals surface area (Å²) in [5.74, 6) is -0.507. The van der Waals surface area contributed by atoms with Crippen LogP contribution < -0.4 is 0 Å². The number of benzene rings is 1. The molecule has 0 N–H and O–H groups in total. The average molecular weight is 242 g/mol. The molecule has 0 saturated carbocycles. The van der Waals surface area contributed by atoms with Crippen molar-refractivity contribution < 1.29 is 4.79 Å². The summed E-state index contributed by atoms with van der Waals surface area (Å²) in [6.07, 6.45) is 2.58. The number of aryl methyl sites for hydroxylation is 1. The Bertz CT molecular complexity index is 476. The van der Waals surface area contributed by atoms with Crippen LogP contribution in [0.2, 0.25) is 0 Å². The lowest BCUT2D eigenvalue weighted by Crippen LogP contribution is -2.35. The molecule has 1 aromatic rings. The standard InChI is InChI=1S/C15H18N2O/c1-2-12(10-16)15(18)17-9-5-8-13-6-3-4-7-14(13)11-17/h3-4,6-7,12H,2,5,8-9,11H2,1H3. The number of rotatable bonds is 2. The Morgan fingerprint density at radius 3 is 2.83 bits per heavy atom. The van der Waals surface area contributed by atoms with Crippen molar-refractivity contribution >= 4 is 5.91 Å². The second kappa shape index (κ2) is 5.68. The van der Waals surface area contributed by atoms with E-state index in [1.165, 1.54) is 11.1 Å². The summed E-state index contributed by atoms with van der Waals surface area (Å²) in [4.78, 5) is 14.1. The van der Waals surface area contributed by atoms with Gasteiger partial charge >= 0.3 is 0 Å². The third-order valence-corrected chi connectivity index (χ3v) is 3.53. The zero-order chi connectivity index (χ0) is 13.0. The lowest BCUT2D eigenvalue weighted by Gasteiger charge is -2.22. The summed E-state index contributed by atoms with van der Waals surface area (Å²) in [6.45, 7) is 3.29. The van der Waals surface area contributed by atoms with Gasteiger partial charge in [0.25, 0.3) is 0 Å². The molecule has 0 aromatic heterocycles. The van der Waals surface area contributed by atoms with E-state index in [2.05, 4.69) is 18.2 Å². The summed E-state index contributed by atoms with van der Waals surface area (Å²) in [5.41, 5.74) is 2.55. The number of carbonyl (C=O) groups excluding carboxylic acids is 1. The summed E-state index contributed by atoms with van der Waals surface area (Å²) in [6, 6.07) is 10.4. The SMILES string of the molecule is CCC(C#N)C(=O)N1CCCc2ccccc2C1. The molecule has 0 spiro atoms. The van der Waals surface area contributed by atoms with Gasteiger partial charge in [0.2, 0.25) is 5.91 Å². The highest BCUT2D eigenvalue weighted by atomic mass is 16.2. The first-order chi connectivity index (χ1) is 8.76. The van der Waals surface area contributed by atoms with Gasteiger partial charge in [0.1, 0.15) is 5.92 Å². The third-order valence-electron chi connectivity index (χ3n) is 3.53. The van der Waals surface area contributed by atoms with Gasteiger partial charge in [-0.1, -0.05) is 31.2 Å². The minimum absolute atomic E-state index is 0.0169. The van der Waals surface area contributed by atoms with Crippen LogP contribution in [0.15, 0.2) is 24.3 Å². The van der Waals surface area contributed by atoms with E-state index in [0.717, 1.165) is 19.4 Å². The van der Waals surface area contributed by atoms with E-state index in [-0.39, 0.29) is 5.91 Å². The molecule has 1 aromatic carbocycles. The molecule has 1 aliphatic rings. The van der Waals surface area contributed by atoms with Gasteiger partial charge in [-0.3, -0.25) is 4.79 Å². The predicted octanol–water partition coefficient (Wildman–Crippen LogP) is 2.51. The van der Waals surface area contributed by atoms with Gasteiger partial charge < -0.3 is 4.90 Å². The topological polar surface area (TPSA) is 44.1 Å². The average Bonchev–Trinajstić information content (AvgIpc) is 2.62. The van der Waals surface area contributed by atoms with E-state index in [0.29, 0.717) is 13.0 Å². The Hall–Kier alpha value is -1.82. The summed E-state index contributed by atoms with van der Waals surface area (Å²) in [5, 5.41) is 9.00. The maximum atomic E-state index is 12.2. The smallest absolute Gasteiger partial charge is 0.240 e. The molecule has 18 heavy (non-hydrogen) atoms. The highest BCUT2D eigenvalue weighted by Crippen LogP contribution is 2.20. The maximum absolute atomic E-state index is 12.2. The zero-order valence-electron chi connectivity index (χ0n) is 10.7. The van der Waals surface area contributed by atoms with E-state index in [4.69, 9.17) is 5.26 Å². The second-order valence-corrected chi connectivity index (χ2v) is 4.72. The molecule has 94 valence electrons. The number of nitriles is 1. The second-order valence-electron chi connectivity index (χ2n) is 4.72. The van der Waals surface area contributed by atoms with Gasteiger partial charge in [-0.25, -0.2) is 0 Å². The van der Waals surface area contributed by atoms with Crippen molar-refractivity contribution in [1.29, 1.82) is 5.26 Å². The molecule has 1 aliphatic heterocycles. The van der Waals surface area contributed by atoms with Gasteiger partial charge in [0.05, 0.1) is 6.07 Å². The summed E-state index contributed by atoms with van der Waals surface area (Å²) >= 11 is 0. The van der Waals surface area contributed by atoms with Crippen molar-refractivity contribution in [2.45, 2.75) is 32.7 Å². The van der Waals surface area contributed by atoms with Crippen LogP contribution in [0.25, 0.3) is 0 Å². The molecule has 0 saturated heterocycles. The zero-order valence-corrected chi connectivity index (χ0v) is 10.7. The molecule has 3 nitrogen and oxygen atoms in total. The third kappa shape index (κ3) is 2.53. The monoisotopic (exact) mass is 242 g/mol. The van der Waals surface area contributed by atoms with E-state index in [9.17, 15) is 4.79 Å². The van der Waals surface area contributed by atoms with Crippen LogP contribution >= 0.6 is 0 Å². The molecule has 2 rings (SSSR count). The normalized spacial score (nSPS) is 16.3. The van der Waals surface area contributed by atoms with Gasteiger partial charge in [-0.2, -0.15) is 5.26 Å². The number of amides is 1. The van der Waals surface area contributed by atoms with E-state index in [1.54, 1.807) is 0 Å². The van der Waals surface area contributed by atoms with E-state index >= 15 is 0 Å². The fourth-order valence-corrected chi connectivity index (χ4v) is 2.43. The van der Waals surface area contributed by atoms with Crippen LogP contribution in [0.5, 0.6) is 0 Å². The van der Waals surface area contributed by atoms with Gasteiger partial charge in [0.15, 0.2) is 0 Å². The van der Waals surface area contributed by atoms with Crippen LogP contribution in [0.1, 0.15) is 30.9 Å². The van der Waals surface area contributed by atoms with Gasteiger partial charge in [0, 0.05) is 13.1 Å².